The zero-order valence-corrected chi connectivity index (χ0v) is 9.63. The molecule has 1 aliphatic heterocycles. The van der Waals surface area contributed by atoms with Gasteiger partial charge in [0.2, 0.25) is 5.91 Å². The van der Waals surface area contributed by atoms with Crippen molar-refractivity contribution in [1.29, 1.82) is 0 Å². The summed E-state index contributed by atoms with van der Waals surface area (Å²) in [4.78, 5) is 28.8. The van der Waals surface area contributed by atoms with Crippen LogP contribution in [0.15, 0.2) is 24.5 Å². The molecule has 0 aliphatic carbocycles. The van der Waals surface area contributed by atoms with Gasteiger partial charge in [-0.1, -0.05) is 6.07 Å². The van der Waals surface area contributed by atoms with E-state index in [-0.39, 0.29) is 11.9 Å². The fourth-order valence-electron chi connectivity index (χ4n) is 2.00. The molecular formula is C12H14N2O3. The fourth-order valence-corrected chi connectivity index (χ4v) is 2.00. The number of esters is 1. The minimum atomic E-state index is -0.451. The molecule has 0 N–H and O–H groups in total. The van der Waals surface area contributed by atoms with Gasteiger partial charge in [-0.25, -0.2) is 4.79 Å². The summed E-state index contributed by atoms with van der Waals surface area (Å²) < 4.78 is 4.70. The Hall–Kier alpha value is -1.91. The van der Waals surface area contributed by atoms with Crippen LogP contribution in [0.4, 0.5) is 0 Å². The Morgan fingerprint density at radius 3 is 3.12 bits per heavy atom. The zero-order chi connectivity index (χ0) is 12.3. The fraction of sp³-hybridized carbons (Fsp3) is 0.417. The highest BCUT2D eigenvalue weighted by atomic mass is 16.5. The Balaban J connectivity index is 2.12. The number of ether oxygens (including phenoxy) is 1. The number of amides is 1. The van der Waals surface area contributed by atoms with Gasteiger partial charge in [-0.15, -0.1) is 0 Å². The first-order valence-corrected chi connectivity index (χ1v) is 5.48. The van der Waals surface area contributed by atoms with E-state index >= 15 is 0 Å². The first-order valence-electron chi connectivity index (χ1n) is 5.48. The molecule has 0 saturated carbocycles. The lowest BCUT2D eigenvalue weighted by Gasteiger charge is -2.22. The standard InChI is InChI=1S/C12H14N2O3/c1-17-12(16)10-4-5-11(15)14(10)8-9-3-2-6-13-7-9/h2-3,6-7,10H,4-5,8H2,1H3/t10-/m0/s1. The van der Waals surface area contributed by atoms with E-state index in [9.17, 15) is 9.59 Å². The van der Waals surface area contributed by atoms with E-state index in [1.165, 1.54) is 7.11 Å². The lowest BCUT2D eigenvalue weighted by atomic mass is 10.2. The number of aromatic nitrogens is 1. The molecular weight excluding hydrogens is 220 g/mol. The lowest BCUT2D eigenvalue weighted by Crippen LogP contribution is -2.38. The minimum absolute atomic E-state index is 0.00995. The molecule has 1 aromatic rings. The number of hydrogen-bond acceptors (Lipinski definition) is 4. The number of likely N-dealkylation sites (tertiary alicyclic amines) is 1. The van der Waals surface area contributed by atoms with Crippen molar-refractivity contribution in [2.75, 3.05) is 7.11 Å². The quantitative estimate of drug-likeness (QED) is 0.724. The summed E-state index contributed by atoms with van der Waals surface area (Å²) in [5.41, 5.74) is 0.914. The number of carbonyl (C=O) groups is 2. The van der Waals surface area contributed by atoms with Gasteiger partial charge >= 0.3 is 5.97 Å². The molecule has 0 aromatic carbocycles. The van der Waals surface area contributed by atoms with Gasteiger partial charge in [0, 0.05) is 25.4 Å². The Bertz CT molecular complexity index is 419. The third kappa shape index (κ3) is 2.43. The van der Waals surface area contributed by atoms with Crippen molar-refractivity contribution in [2.45, 2.75) is 25.4 Å². The van der Waals surface area contributed by atoms with Gasteiger partial charge in [0.15, 0.2) is 0 Å². The van der Waals surface area contributed by atoms with Crippen LogP contribution in [0.2, 0.25) is 0 Å². The predicted octanol–water partition coefficient (Wildman–Crippen LogP) is 0.746. The molecule has 5 nitrogen and oxygen atoms in total. The van der Waals surface area contributed by atoms with Crippen LogP contribution in [0.25, 0.3) is 0 Å². The third-order valence-electron chi connectivity index (χ3n) is 2.88. The molecule has 1 atom stereocenters. The molecule has 0 spiro atoms. The summed E-state index contributed by atoms with van der Waals surface area (Å²) in [6, 6.07) is 3.24. The van der Waals surface area contributed by atoms with E-state index in [1.807, 2.05) is 12.1 Å². The van der Waals surface area contributed by atoms with Crippen LogP contribution in [-0.2, 0) is 20.9 Å². The summed E-state index contributed by atoms with van der Waals surface area (Å²) in [7, 11) is 1.34. The molecule has 1 fully saturated rings. The van der Waals surface area contributed by atoms with Crippen LogP contribution >= 0.6 is 0 Å². The summed E-state index contributed by atoms with van der Waals surface area (Å²) in [6.07, 6.45) is 4.30. The smallest absolute Gasteiger partial charge is 0.328 e. The third-order valence-corrected chi connectivity index (χ3v) is 2.88. The second kappa shape index (κ2) is 4.95. The summed E-state index contributed by atoms with van der Waals surface area (Å²) >= 11 is 0. The van der Waals surface area contributed by atoms with E-state index in [0.717, 1.165) is 5.56 Å². The van der Waals surface area contributed by atoms with Gasteiger partial charge in [0.25, 0.3) is 0 Å². The highest BCUT2D eigenvalue weighted by Crippen LogP contribution is 2.22. The molecule has 0 radical (unpaired) electrons. The van der Waals surface area contributed by atoms with Crippen LogP contribution in [0.5, 0.6) is 0 Å². The predicted molar refractivity (Wildman–Crippen MR) is 59.8 cm³/mol. The van der Waals surface area contributed by atoms with Gasteiger partial charge in [-0.05, 0) is 18.1 Å². The zero-order valence-electron chi connectivity index (χ0n) is 9.63. The van der Waals surface area contributed by atoms with Crippen molar-refractivity contribution in [1.82, 2.24) is 9.88 Å². The lowest BCUT2D eigenvalue weighted by molar-refractivity contribution is -0.149. The van der Waals surface area contributed by atoms with Crippen LogP contribution in [0.1, 0.15) is 18.4 Å². The largest absolute Gasteiger partial charge is 0.467 e. The number of nitrogens with zero attached hydrogens (tertiary/aromatic N) is 2. The van der Waals surface area contributed by atoms with Crippen molar-refractivity contribution < 1.29 is 14.3 Å². The molecule has 1 aliphatic rings. The summed E-state index contributed by atoms with van der Waals surface area (Å²) in [5.74, 6) is -0.357. The van der Waals surface area contributed by atoms with Crippen molar-refractivity contribution in [3.05, 3.63) is 30.1 Å². The molecule has 5 heteroatoms. The van der Waals surface area contributed by atoms with E-state index in [0.29, 0.717) is 19.4 Å². The SMILES string of the molecule is COC(=O)[C@@H]1CCC(=O)N1Cc1cccnc1. The summed E-state index contributed by atoms with van der Waals surface area (Å²) in [6.45, 7) is 0.409. The molecule has 2 rings (SSSR count). The minimum Gasteiger partial charge on any atom is -0.467 e. The molecule has 90 valence electrons. The summed E-state index contributed by atoms with van der Waals surface area (Å²) in [5, 5.41) is 0. The maximum atomic E-state index is 11.7. The maximum absolute atomic E-state index is 11.7. The van der Waals surface area contributed by atoms with Crippen LogP contribution < -0.4 is 0 Å². The maximum Gasteiger partial charge on any atom is 0.328 e. The van der Waals surface area contributed by atoms with Crippen molar-refractivity contribution in [3.8, 4) is 0 Å². The first kappa shape index (κ1) is 11.6. The van der Waals surface area contributed by atoms with E-state index in [4.69, 9.17) is 4.74 Å². The topological polar surface area (TPSA) is 59.5 Å². The van der Waals surface area contributed by atoms with Gasteiger partial charge in [-0.3, -0.25) is 9.78 Å². The van der Waals surface area contributed by atoms with Crippen LogP contribution in [0.3, 0.4) is 0 Å². The second-order valence-corrected chi connectivity index (χ2v) is 3.96. The number of carbonyl (C=O) groups excluding carboxylic acids is 2. The van der Waals surface area contributed by atoms with Gasteiger partial charge in [-0.2, -0.15) is 0 Å². The normalized spacial score (nSPS) is 19.5. The molecule has 0 bridgehead atoms. The van der Waals surface area contributed by atoms with E-state index in [2.05, 4.69) is 4.98 Å². The molecule has 0 unspecified atom stereocenters. The monoisotopic (exact) mass is 234 g/mol. The number of hydrogen-bond donors (Lipinski definition) is 0. The van der Waals surface area contributed by atoms with Crippen molar-refractivity contribution in [3.63, 3.8) is 0 Å². The molecule has 2 heterocycles. The molecule has 17 heavy (non-hydrogen) atoms. The van der Waals surface area contributed by atoms with E-state index < -0.39 is 6.04 Å². The number of pyridine rings is 1. The van der Waals surface area contributed by atoms with Crippen molar-refractivity contribution >= 4 is 11.9 Å². The molecule has 1 saturated heterocycles. The van der Waals surface area contributed by atoms with Gasteiger partial charge in [0.05, 0.1) is 7.11 Å². The second-order valence-electron chi connectivity index (χ2n) is 3.96. The highest BCUT2D eigenvalue weighted by Gasteiger charge is 2.36. The van der Waals surface area contributed by atoms with Gasteiger partial charge in [0.1, 0.15) is 6.04 Å². The first-order chi connectivity index (χ1) is 8.22. The number of methoxy groups -OCH3 is 1. The molecule has 1 aromatic heterocycles. The average molecular weight is 234 g/mol. The van der Waals surface area contributed by atoms with E-state index in [1.54, 1.807) is 17.3 Å². The van der Waals surface area contributed by atoms with Crippen molar-refractivity contribution in [2.24, 2.45) is 0 Å². The average Bonchev–Trinajstić information content (AvgIpc) is 2.72. The van der Waals surface area contributed by atoms with Crippen LogP contribution in [-0.4, -0.2) is 34.9 Å². The molecule has 1 amide bonds. The van der Waals surface area contributed by atoms with Gasteiger partial charge < -0.3 is 9.64 Å². The number of rotatable bonds is 3. The highest BCUT2D eigenvalue weighted by molar-refractivity contribution is 5.88. The Morgan fingerprint density at radius 1 is 1.65 bits per heavy atom. The van der Waals surface area contributed by atoms with Crippen LogP contribution in [0, 0.1) is 0 Å². The Labute approximate surface area is 99.4 Å². The Kier molecular flexibility index (Phi) is 3.37. The Morgan fingerprint density at radius 2 is 2.47 bits per heavy atom.